The van der Waals surface area contributed by atoms with E-state index in [4.69, 9.17) is 0 Å². The molecule has 86 valence electrons. The van der Waals surface area contributed by atoms with Gasteiger partial charge in [0.2, 0.25) is 0 Å². The fraction of sp³-hybridized carbons (Fsp3) is 0.250. The first-order valence-corrected chi connectivity index (χ1v) is 5.66. The maximum atomic E-state index is 4.03. The van der Waals surface area contributed by atoms with Crippen molar-refractivity contribution >= 4 is 0 Å². The third-order valence-corrected chi connectivity index (χ3v) is 2.11. The van der Waals surface area contributed by atoms with Crippen LogP contribution < -0.4 is 0 Å². The number of rotatable bonds is 7. The summed E-state index contributed by atoms with van der Waals surface area (Å²) >= 11 is 0. The molecule has 0 saturated carbocycles. The van der Waals surface area contributed by atoms with E-state index in [-0.39, 0.29) is 0 Å². The van der Waals surface area contributed by atoms with Crippen LogP contribution in [0.15, 0.2) is 72.9 Å². The summed E-state index contributed by atoms with van der Waals surface area (Å²) < 4.78 is 0. The molecule has 0 aromatic rings. The van der Waals surface area contributed by atoms with Gasteiger partial charge in [-0.25, -0.2) is 0 Å². The molecule has 0 aromatic heterocycles. The van der Waals surface area contributed by atoms with E-state index >= 15 is 0 Å². The van der Waals surface area contributed by atoms with Crippen LogP contribution in [0.2, 0.25) is 0 Å². The normalized spacial score (nSPS) is 12.2. The summed E-state index contributed by atoms with van der Waals surface area (Å²) in [6, 6.07) is 0. The minimum absolute atomic E-state index is 0.982. The van der Waals surface area contributed by atoms with Gasteiger partial charge in [0.15, 0.2) is 0 Å². The van der Waals surface area contributed by atoms with Crippen molar-refractivity contribution in [2.24, 2.45) is 0 Å². The molecule has 0 aliphatic rings. The molecular formula is C16H22. The van der Waals surface area contributed by atoms with Gasteiger partial charge in [-0.15, -0.1) is 0 Å². The van der Waals surface area contributed by atoms with E-state index in [0.717, 1.165) is 29.6 Å². The predicted octanol–water partition coefficient (Wildman–Crippen LogP) is 5.14. The summed E-state index contributed by atoms with van der Waals surface area (Å²) in [4.78, 5) is 0. The molecule has 0 bridgehead atoms. The van der Waals surface area contributed by atoms with Crippen molar-refractivity contribution in [2.75, 3.05) is 0 Å². The van der Waals surface area contributed by atoms with E-state index in [0.29, 0.717) is 0 Å². The standard InChI is InChI=1S/C16H22/c1-6-9-14(4)12-13-15(5)16(10-7-2)11-8-3/h7-8,10-13H,2,4-6,9H2,1,3H3/b11-8-,13-12-,16-10+. The van der Waals surface area contributed by atoms with Crippen LogP contribution >= 0.6 is 0 Å². The minimum atomic E-state index is 0.982. The van der Waals surface area contributed by atoms with E-state index in [1.807, 2.05) is 37.3 Å². The van der Waals surface area contributed by atoms with E-state index < -0.39 is 0 Å². The van der Waals surface area contributed by atoms with E-state index in [2.05, 4.69) is 26.7 Å². The SMILES string of the molecule is C=C/C=C(\C=C/C)C(=C)/C=C\C(=C)CCC. The quantitative estimate of drug-likeness (QED) is 0.514. The Labute approximate surface area is 100 Å². The van der Waals surface area contributed by atoms with Crippen LogP contribution in [0.5, 0.6) is 0 Å². The highest BCUT2D eigenvalue weighted by Gasteiger charge is 1.94. The Morgan fingerprint density at radius 3 is 2.31 bits per heavy atom. The number of allylic oxidation sites excluding steroid dienone is 9. The molecule has 0 nitrogen and oxygen atoms in total. The highest BCUT2D eigenvalue weighted by molar-refractivity contribution is 5.47. The second kappa shape index (κ2) is 8.72. The molecule has 0 atom stereocenters. The summed E-state index contributed by atoms with van der Waals surface area (Å²) in [5.74, 6) is 0. The fourth-order valence-corrected chi connectivity index (χ4v) is 1.30. The predicted molar refractivity (Wildman–Crippen MR) is 75.4 cm³/mol. The van der Waals surface area contributed by atoms with Crippen LogP contribution in [-0.4, -0.2) is 0 Å². The van der Waals surface area contributed by atoms with Gasteiger partial charge in [0.05, 0.1) is 0 Å². The summed E-state index contributed by atoms with van der Waals surface area (Å²) in [5.41, 5.74) is 3.20. The highest BCUT2D eigenvalue weighted by atomic mass is 14.0. The molecule has 0 rings (SSSR count). The Hall–Kier alpha value is -1.56. The fourth-order valence-electron chi connectivity index (χ4n) is 1.30. The highest BCUT2D eigenvalue weighted by Crippen LogP contribution is 2.13. The zero-order valence-corrected chi connectivity index (χ0v) is 10.5. The summed E-state index contributed by atoms with van der Waals surface area (Å²) in [6.45, 7) is 15.8. The maximum Gasteiger partial charge on any atom is -0.0193 e. The summed E-state index contributed by atoms with van der Waals surface area (Å²) in [5, 5.41) is 0. The zero-order valence-electron chi connectivity index (χ0n) is 10.5. The van der Waals surface area contributed by atoms with Gasteiger partial charge in [-0.3, -0.25) is 0 Å². The Morgan fingerprint density at radius 2 is 1.81 bits per heavy atom. The van der Waals surface area contributed by atoms with Crippen molar-refractivity contribution in [1.82, 2.24) is 0 Å². The average Bonchev–Trinajstić information content (AvgIpc) is 2.26. The molecule has 0 unspecified atom stereocenters. The van der Waals surface area contributed by atoms with Gasteiger partial charge in [-0.1, -0.05) is 75.1 Å². The lowest BCUT2D eigenvalue weighted by Gasteiger charge is -2.01. The molecule has 0 spiro atoms. The van der Waals surface area contributed by atoms with Gasteiger partial charge >= 0.3 is 0 Å². The van der Waals surface area contributed by atoms with Gasteiger partial charge in [0.1, 0.15) is 0 Å². The van der Waals surface area contributed by atoms with E-state index in [1.54, 1.807) is 6.08 Å². The topological polar surface area (TPSA) is 0 Å². The van der Waals surface area contributed by atoms with E-state index in [9.17, 15) is 0 Å². The van der Waals surface area contributed by atoms with Gasteiger partial charge in [0.25, 0.3) is 0 Å². The van der Waals surface area contributed by atoms with Crippen molar-refractivity contribution in [3.63, 3.8) is 0 Å². The first-order chi connectivity index (χ1) is 7.65. The van der Waals surface area contributed by atoms with Crippen molar-refractivity contribution in [3.8, 4) is 0 Å². The molecular weight excluding hydrogens is 192 g/mol. The second-order valence-corrected chi connectivity index (χ2v) is 3.62. The largest absolute Gasteiger partial charge is 0.0990 e. The lowest BCUT2D eigenvalue weighted by Crippen LogP contribution is -1.81. The van der Waals surface area contributed by atoms with Crippen molar-refractivity contribution in [3.05, 3.63) is 72.9 Å². The van der Waals surface area contributed by atoms with Crippen molar-refractivity contribution in [2.45, 2.75) is 26.7 Å². The third-order valence-electron chi connectivity index (χ3n) is 2.11. The van der Waals surface area contributed by atoms with Gasteiger partial charge < -0.3 is 0 Å². The van der Waals surface area contributed by atoms with Crippen molar-refractivity contribution < 1.29 is 0 Å². The molecule has 0 fully saturated rings. The summed E-state index contributed by atoms with van der Waals surface area (Å²) in [7, 11) is 0. The first-order valence-electron chi connectivity index (χ1n) is 5.66. The third kappa shape index (κ3) is 6.02. The lowest BCUT2D eigenvalue weighted by molar-refractivity contribution is 0.930. The molecule has 0 heteroatoms. The molecule has 16 heavy (non-hydrogen) atoms. The molecule has 0 saturated heterocycles. The van der Waals surface area contributed by atoms with Crippen LogP contribution in [-0.2, 0) is 0 Å². The monoisotopic (exact) mass is 214 g/mol. The van der Waals surface area contributed by atoms with E-state index in [1.165, 1.54) is 0 Å². The maximum absolute atomic E-state index is 4.03. The lowest BCUT2D eigenvalue weighted by atomic mass is 10.0. The Bertz CT molecular complexity index is 335. The first kappa shape index (κ1) is 14.4. The average molecular weight is 214 g/mol. The Kier molecular flexibility index (Phi) is 7.87. The van der Waals surface area contributed by atoms with Crippen molar-refractivity contribution in [1.29, 1.82) is 0 Å². The molecule has 0 aliphatic carbocycles. The van der Waals surface area contributed by atoms with Gasteiger partial charge in [-0.05, 0) is 24.5 Å². The molecule has 0 amide bonds. The minimum Gasteiger partial charge on any atom is -0.0990 e. The molecule has 0 heterocycles. The summed E-state index contributed by atoms with van der Waals surface area (Å²) in [6.07, 6.45) is 13.9. The molecule has 0 radical (unpaired) electrons. The van der Waals surface area contributed by atoms with Gasteiger partial charge in [0, 0.05) is 0 Å². The van der Waals surface area contributed by atoms with Crippen LogP contribution in [0.1, 0.15) is 26.7 Å². The second-order valence-electron chi connectivity index (χ2n) is 3.62. The number of hydrogen-bond donors (Lipinski definition) is 0. The Balaban J connectivity index is 4.60. The molecule has 0 aliphatic heterocycles. The van der Waals surface area contributed by atoms with Crippen LogP contribution in [0, 0.1) is 0 Å². The zero-order chi connectivity index (χ0) is 12.4. The number of hydrogen-bond acceptors (Lipinski definition) is 0. The van der Waals surface area contributed by atoms with Crippen LogP contribution in [0.25, 0.3) is 0 Å². The Morgan fingerprint density at radius 1 is 1.12 bits per heavy atom. The smallest absolute Gasteiger partial charge is 0.0193 e. The molecule has 0 N–H and O–H groups in total. The van der Waals surface area contributed by atoms with Gasteiger partial charge in [-0.2, -0.15) is 0 Å². The molecule has 0 aromatic carbocycles. The van der Waals surface area contributed by atoms with Crippen LogP contribution in [0.3, 0.4) is 0 Å². The van der Waals surface area contributed by atoms with Crippen LogP contribution in [0.4, 0.5) is 0 Å².